The molecule has 4 aromatic rings. The van der Waals surface area contributed by atoms with Crippen LogP contribution in [0.1, 0.15) is 22.5 Å². The average molecular weight is 393 g/mol. The zero-order valence-electron chi connectivity index (χ0n) is 15.0. The van der Waals surface area contributed by atoms with Crippen LogP contribution in [-0.4, -0.2) is 45.2 Å². The number of anilines is 2. The second-order valence-electron chi connectivity index (χ2n) is 6.85. The monoisotopic (exact) mass is 393 g/mol. The molecule has 0 atom stereocenters. The molecule has 1 aromatic carbocycles. The number of nitrogens with zero attached hydrogens (tertiary/aromatic N) is 3. The van der Waals surface area contributed by atoms with E-state index in [9.17, 15) is 4.79 Å². The molecule has 5 rings (SSSR count). The van der Waals surface area contributed by atoms with Crippen LogP contribution in [0.25, 0.3) is 21.1 Å². The standard InChI is InChI=1S/C19H19N7OS/c27-18(25-12-3-5-20-6-4-12)16-8-14-17(21-10-22-19(14)28-16)24-13-2-1-11-9-23-26-15(11)7-13/h1-2,7-10,12,20H,3-6H2,(H,23,26)(H,25,27)(H,21,22,24). The minimum Gasteiger partial charge on any atom is -0.349 e. The van der Waals surface area contributed by atoms with Crippen molar-refractivity contribution in [1.82, 2.24) is 30.8 Å². The summed E-state index contributed by atoms with van der Waals surface area (Å²) in [5, 5.41) is 18.7. The van der Waals surface area contributed by atoms with Crippen LogP contribution in [0.5, 0.6) is 0 Å². The molecule has 4 heterocycles. The molecule has 1 aliphatic rings. The second kappa shape index (κ2) is 7.17. The fraction of sp³-hybridized carbons (Fsp3) is 0.263. The van der Waals surface area contributed by atoms with Gasteiger partial charge in [-0.3, -0.25) is 9.89 Å². The molecule has 0 spiro atoms. The number of nitrogens with one attached hydrogen (secondary N) is 4. The van der Waals surface area contributed by atoms with Gasteiger partial charge in [-0.2, -0.15) is 5.10 Å². The van der Waals surface area contributed by atoms with Crippen LogP contribution in [0.3, 0.4) is 0 Å². The van der Waals surface area contributed by atoms with Crippen LogP contribution in [-0.2, 0) is 0 Å². The minimum atomic E-state index is -0.0419. The van der Waals surface area contributed by atoms with E-state index in [0.717, 1.165) is 52.7 Å². The van der Waals surface area contributed by atoms with E-state index in [2.05, 4.69) is 36.1 Å². The fourth-order valence-corrected chi connectivity index (χ4v) is 4.34. The van der Waals surface area contributed by atoms with Crippen LogP contribution < -0.4 is 16.0 Å². The van der Waals surface area contributed by atoms with Gasteiger partial charge in [0, 0.05) is 17.1 Å². The SMILES string of the molecule is O=C(NC1CCNCC1)c1cc2c(Nc3ccc4cn[nH]c4c3)ncnc2s1. The van der Waals surface area contributed by atoms with E-state index in [1.165, 1.54) is 17.7 Å². The highest BCUT2D eigenvalue weighted by atomic mass is 32.1. The lowest BCUT2D eigenvalue weighted by Gasteiger charge is -2.23. The molecule has 142 valence electrons. The molecule has 0 saturated carbocycles. The van der Waals surface area contributed by atoms with Gasteiger partial charge in [-0.25, -0.2) is 9.97 Å². The summed E-state index contributed by atoms with van der Waals surface area (Å²) >= 11 is 1.39. The lowest BCUT2D eigenvalue weighted by molar-refractivity contribution is 0.0934. The molecule has 1 amide bonds. The number of carbonyl (C=O) groups is 1. The molecule has 0 aliphatic carbocycles. The number of carbonyl (C=O) groups excluding carboxylic acids is 1. The first-order chi connectivity index (χ1) is 13.8. The number of thiophene rings is 1. The summed E-state index contributed by atoms with van der Waals surface area (Å²) in [5.41, 5.74) is 1.84. The minimum absolute atomic E-state index is 0.0419. The van der Waals surface area contributed by atoms with Crippen molar-refractivity contribution in [3.63, 3.8) is 0 Å². The molecule has 1 aliphatic heterocycles. The van der Waals surface area contributed by atoms with E-state index in [1.807, 2.05) is 24.3 Å². The first-order valence-electron chi connectivity index (χ1n) is 9.22. The van der Waals surface area contributed by atoms with Crippen molar-refractivity contribution < 1.29 is 4.79 Å². The summed E-state index contributed by atoms with van der Waals surface area (Å²) in [6.07, 6.45) is 5.22. The van der Waals surface area contributed by atoms with E-state index in [-0.39, 0.29) is 11.9 Å². The molecule has 8 nitrogen and oxygen atoms in total. The highest BCUT2D eigenvalue weighted by molar-refractivity contribution is 7.20. The number of hydrogen-bond acceptors (Lipinski definition) is 7. The summed E-state index contributed by atoms with van der Waals surface area (Å²) < 4.78 is 0. The van der Waals surface area contributed by atoms with Crippen molar-refractivity contribution in [2.75, 3.05) is 18.4 Å². The van der Waals surface area contributed by atoms with Gasteiger partial charge in [0.1, 0.15) is 17.0 Å². The van der Waals surface area contributed by atoms with Crippen molar-refractivity contribution in [3.05, 3.63) is 41.7 Å². The van der Waals surface area contributed by atoms with E-state index in [4.69, 9.17) is 0 Å². The number of rotatable bonds is 4. The molecule has 0 radical (unpaired) electrons. The number of fused-ring (bicyclic) bond motifs is 2. The van der Waals surface area contributed by atoms with Crippen molar-refractivity contribution in [1.29, 1.82) is 0 Å². The predicted octanol–water partition coefficient (Wildman–Crippen LogP) is 2.79. The van der Waals surface area contributed by atoms with Crippen LogP contribution in [0, 0.1) is 0 Å². The Hall–Kier alpha value is -3.04. The van der Waals surface area contributed by atoms with Gasteiger partial charge >= 0.3 is 0 Å². The first kappa shape index (κ1) is 17.1. The maximum atomic E-state index is 12.7. The smallest absolute Gasteiger partial charge is 0.261 e. The van der Waals surface area contributed by atoms with E-state index < -0.39 is 0 Å². The molecule has 1 fully saturated rings. The largest absolute Gasteiger partial charge is 0.349 e. The number of aromatic nitrogens is 4. The Labute approximate surface area is 164 Å². The maximum absolute atomic E-state index is 12.7. The number of amides is 1. The number of aromatic amines is 1. The summed E-state index contributed by atoms with van der Waals surface area (Å²) in [6.45, 7) is 1.88. The van der Waals surface area contributed by atoms with Gasteiger partial charge in [0.25, 0.3) is 5.91 Å². The molecular weight excluding hydrogens is 374 g/mol. The highest BCUT2D eigenvalue weighted by Crippen LogP contribution is 2.30. The van der Waals surface area contributed by atoms with Gasteiger partial charge in [-0.15, -0.1) is 11.3 Å². The van der Waals surface area contributed by atoms with E-state index in [0.29, 0.717) is 10.7 Å². The molecule has 0 bridgehead atoms. The van der Waals surface area contributed by atoms with Crippen molar-refractivity contribution in [3.8, 4) is 0 Å². The Morgan fingerprint density at radius 2 is 2.07 bits per heavy atom. The fourth-order valence-electron chi connectivity index (χ4n) is 3.44. The van der Waals surface area contributed by atoms with E-state index in [1.54, 1.807) is 6.20 Å². The Bertz CT molecular complexity index is 1150. The lowest BCUT2D eigenvalue weighted by atomic mass is 10.1. The van der Waals surface area contributed by atoms with E-state index >= 15 is 0 Å². The molecule has 4 N–H and O–H groups in total. The Balaban J connectivity index is 1.41. The number of piperidine rings is 1. The summed E-state index contributed by atoms with van der Waals surface area (Å²) in [5.74, 6) is 0.640. The van der Waals surface area contributed by atoms with Crippen LogP contribution in [0.15, 0.2) is 36.8 Å². The maximum Gasteiger partial charge on any atom is 0.261 e. The zero-order chi connectivity index (χ0) is 18.9. The average Bonchev–Trinajstić information content (AvgIpc) is 3.36. The van der Waals surface area contributed by atoms with Crippen LogP contribution in [0.2, 0.25) is 0 Å². The number of H-pyrrole nitrogens is 1. The first-order valence-corrected chi connectivity index (χ1v) is 10.0. The third kappa shape index (κ3) is 3.30. The van der Waals surface area contributed by atoms with Crippen molar-refractivity contribution in [2.24, 2.45) is 0 Å². The second-order valence-corrected chi connectivity index (χ2v) is 7.88. The molecular formula is C19H19N7OS. The predicted molar refractivity (Wildman–Crippen MR) is 110 cm³/mol. The third-order valence-electron chi connectivity index (χ3n) is 4.93. The van der Waals surface area contributed by atoms with Gasteiger partial charge in [-0.05, 0) is 50.2 Å². The Kier molecular flexibility index (Phi) is 4.38. The zero-order valence-corrected chi connectivity index (χ0v) is 15.8. The van der Waals surface area contributed by atoms with Gasteiger partial charge in [-0.1, -0.05) is 0 Å². The highest BCUT2D eigenvalue weighted by Gasteiger charge is 2.19. The summed E-state index contributed by atoms with van der Waals surface area (Å²) in [4.78, 5) is 22.8. The van der Waals surface area contributed by atoms with Crippen molar-refractivity contribution in [2.45, 2.75) is 18.9 Å². The Morgan fingerprint density at radius 3 is 2.96 bits per heavy atom. The van der Waals surface area contributed by atoms with Gasteiger partial charge in [0.2, 0.25) is 0 Å². The normalized spacial score (nSPS) is 15.1. The van der Waals surface area contributed by atoms with Gasteiger partial charge < -0.3 is 16.0 Å². The van der Waals surface area contributed by atoms with Gasteiger partial charge in [0.05, 0.1) is 22.0 Å². The summed E-state index contributed by atoms with van der Waals surface area (Å²) in [6, 6.07) is 8.04. The number of benzene rings is 1. The van der Waals surface area contributed by atoms with Crippen LogP contribution >= 0.6 is 11.3 Å². The van der Waals surface area contributed by atoms with Gasteiger partial charge in [0.15, 0.2) is 0 Å². The molecule has 3 aromatic heterocycles. The molecule has 1 saturated heterocycles. The lowest BCUT2D eigenvalue weighted by Crippen LogP contribution is -2.42. The number of hydrogen-bond donors (Lipinski definition) is 4. The van der Waals surface area contributed by atoms with Crippen molar-refractivity contribution >= 4 is 49.9 Å². The molecule has 9 heteroatoms. The molecule has 0 unspecified atom stereocenters. The third-order valence-corrected chi connectivity index (χ3v) is 5.97. The van der Waals surface area contributed by atoms with Crippen LogP contribution in [0.4, 0.5) is 11.5 Å². The molecule has 28 heavy (non-hydrogen) atoms. The Morgan fingerprint density at radius 1 is 1.18 bits per heavy atom. The quantitative estimate of drug-likeness (QED) is 0.425. The summed E-state index contributed by atoms with van der Waals surface area (Å²) in [7, 11) is 0. The topological polar surface area (TPSA) is 108 Å².